The van der Waals surface area contributed by atoms with Crippen LogP contribution >= 0.6 is 0 Å². The molecule has 0 aromatic carbocycles. The van der Waals surface area contributed by atoms with E-state index in [1.807, 2.05) is 0 Å². The zero-order valence-corrected chi connectivity index (χ0v) is 7.86. The molecule has 1 aliphatic carbocycles. The number of carbonyl (C=O) groups is 1. The first-order valence-electron chi connectivity index (χ1n) is 4.78. The number of rotatable bonds is 3. The van der Waals surface area contributed by atoms with Gasteiger partial charge in [0.15, 0.2) is 0 Å². The molecule has 0 saturated heterocycles. The summed E-state index contributed by atoms with van der Waals surface area (Å²) in [7, 11) is 0. The van der Waals surface area contributed by atoms with Gasteiger partial charge in [-0.15, -0.1) is 0 Å². The van der Waals surface area contributed by atoms with Gasteiger partial charge in [-0.3, -0.25) is 9.78 Å². The number of hydrogen-bond acceptors (Lipinski definition) is 3. The van der Waals surface area contributed by atoms with Crippen molar-refractivity contribution in [2.24, 2.45) is 5.73 Å². The molecule has 1 heterocycles. The Balaban J connectivity index is 2.17. The van der Waals surface area contributed by atoms with E-state index in [1.165, 1.54) is 25.5 Å². The Kier molecular flexibility index (Phi) is 2.35. The minimum Gasteiger partial charge on any atom is -0.382 e. The maximum atomic E-state index is 11.1. The minimum atomic E-state index is -0.431. The number of anilines is 1. The van der Waals surface area contributed by atoms with Gasteiger partial charge in [-0.25, -0.2) is 0 Å². The molecule has 0 unspecified atom stereocenters. The van der Waals surface area contributed by atoms with Gasteiger partial charge in [0.05, 0.1) is 11.3 Å². The SMILES string of the molecule is NC(=O)c1cnccc1NC1CCC1. The van der Waals surface area contributed by atoms with Gasteiger partial charge in [-0.05, 0) is 25.3 Å². The third-order valence-electron chi connectivity index (χ3n) is 2.55. The predicted molar refractivity (Wildman–Crippen MR) is 54.0 cm³/mol. The van der Waals surface area contributed by atoms with Crippen molar-refractivity contribution >= 4 is 11.6 Å². The average Bonchev–Trinajstić information content (AvgIpc) is 2.12. The second-order valence-electron chi connectivity index (χ2n) is 3.56. The number of nitrogens with one attached hydrogen (secondary N) is 1. The molecule has 1 aromatic rings. The Morgan fingerprint density at radius 2 is 2.36 bits per heavy atom. The first-order valence-corrected chi connectivity index (χ1v) is 4.78. The highest BCUT2D eigenvalue weighted by molar-refractivity contribution is 5.98. The molecule has 2 rings (SSSR count). The first-order chi connectivity index (χ1) is 6.77. The molecule has 74 valence electrons. The monoisotopic (exact) mass is 191 g/mol. The number of nitrogens with two attached hydrogens (primary N) is 1. The number of aromatic nitrogens is 1. The number of primary amides is 1. The van der Waals surface area contributed by atoms with Crippen LogP contribution in [-0.4, -0.2) is 16.9 Å². The fraction of sp³-hybridized carbons (Fsp3) is 0.400. The van der Waals surface area contributed by atoms with E-state index >= 15 is 0 Å². The highest BCUT2D eigenvalue weighted by Crippen LogP contribution is 2.24. The summed E-state index contributed by atoms with van der Waals surface area (Å²) >= 11 is 0. The molecule has 1 saturated carbocycles. The normalized spacial score (nSPS) is 16.0. The molecule has 0 radical (unpaired) electrons. The molecule has 4 nitrogen and oxygen atoms in total. The summed E-state index contributed by atoms with van der Waals surface area (Å²) in [4.78, 5) is 14.9. The molecule has 0 bridgehead atoms. The van der Waals surface area contributed by atoms with Crippen LogP contribution in [0.1, 0.15) is 29.6 Å². The van der Waals surface area contributed by atoms with E-state index in [4.69, 9.17) is 5.73 Å². The van der Waals surface area contributed by atoms with Gasteiger partial charge in [0.2, 0.25) is 0 Å². The first kappa shape index (κ1) is 8.99. The van der Waals surface area contributed by atoms with Crippen LogP contribution < -0.4 is 11.1 Å². The van der Waals surface area contributed by atoms with Crippen LogP contribution in [0.25, 0.3) is 0 Å². The summed E-state index contributed by atoms with van der Waals surface area (Å²) in [5.74, 6) is -0.431. The van der Waals surface area contributed by atoms with Crippen LogP contribution in [0.3, 0.4) is 0 Å². The zero-order chi connectivity index (χ0) is 9.97. The minimum absolute atomic E-state index is 0.431. The van der Waals surface area contributed by atoms with Gasteiger partial charge in [0.25, 0.3) is 5.91 Å². The summed E-state index contributed by atoms with van der Waals surface area (Å²) in [6.07, 6.45) is 6.76. The number of carbonyl (C=O) groups excluding carboxylic acids is 1. The van der Waals surface area contributed by atoms with E-state index in [0.29, 0.717) is 11.6 Å². The quantitative estimate of drug-likeness (QED) is 0.752. The third-order valence-corrected chi connectivity index (χ3v) is 2.55. The number of pyridine rings is 1. The lowest BCUT2D eigenvalue weighted by molar-refractivity contribution is 0.100. The average molecular weight is 191 g/mol. The molecule has 14 heavy (non-hydrogen) atoms. The van der Waals surface area contributed by atoms with Crippen LogP contribution in [0.4, 0.5) is 5.69 Å². The molecule has 1 aliphatic rings. The zero-order valence-electron chi connectivity index (χ0n) is 7.86. The van der Waals surface area contributed by atoms with Crippen molar-refractivity contribution < 1.29 is 4.79 Å². The Hall–Kier alpha value is -1.58. The van der Waals surface area contributed by atoms with Crippen molar-refractivity contribution in [1.29, 1.82) is 0 Å². The smallest absolute Gasteiger partial charge is 0.252 e. The molecular weight excluding hydrogens is 178 g/mol. The van der Waals surface area contributed by atoms with Crippen molar-refractivity contribution in [2.45, 2.75) is 25.3 Å². The molecule has 0 spiro atoms. The number of amides is 1. The van der Waals surface area contributed by atoms with Crippen LogP contribution in [0.15, 0.2) is 18.5 Å². The Morgan fingerprint density at radius 3 is 2.93 bits per heavy atom. The van der Waals surface area contributed by atoms with Gasteiger partial charge < -0.3 is 11.1 Å². The lowest BCUT2D eigenvalue weighted by atomic mass is 9.93. The van der Waals surface area contributed by atoms with Crippen molar-refractivity contribution in [3.8, 4) is 0 Å². The highest BCUT2D eigenvalue weighted by atomic mass is 16.1. The van der Waals surface area contributed by atoms with E-state index in [2.05, 4.69) is 10.3 Å². The fourth-order valence-corrected chi connectivity index (χ4v) is 1.49. The summed E-state index contributed by atoms with van der Waals surface area (Å²) in [5.41, 5.74) is 6.51. The van der Waals surface area contributed by atoms with E-state index in [-0.39, 0.29) is 0 Å². The second-order valence-corrected chi connectivity index (χ2v) is 3.56. The molecule has 4 heteroatoms. The molecule has 0 aliphatic heterocycles. The fourth-order valence-electron chi connectivity index (χ4n) is 1.49. The van der Waals surface area contributed by atoms with E-state index in [9.17, 15) is 4.79 Å². The maximum absolute atomic E-state index is 11.1. The predicted octanol–water partition coefficient (Wildman–Crippen LogP) is 1.14. The van der Waals surface area contributed by atoms with Gasteiger partial charge >= 0.3 is 0 Å². The molecule has 1 fully saturated rings. The Morgan fingerprint density at radius 1 is 1.57 bits per heavy atom. The molecular formula is C10H13N3O. The van der Waals surface area contributed by atoms with Crippen molar-refractivity contribution in [3.05, 3.63) is 24.0 Å². The van der Waals surface area contributed by atoms with Crippen molar-refractivity contribution in [1.82, 2.24) is 4.98 Å². The lowest BCUT2D eigenvalue weighted by Crippen LogP contribution is -2.28. The third kappa shape index (κ3) is 1.69. The number of nitrogens with zero attached hydrogens (tertiary/aromatic N) is 1. The largest absolute Gasteiger partial charge is 0.382 e. The van der Waals surface area contributed by atoms with E-state index in [1.54, 1.807) is 12.3 Å². The van der Waals surface area contributed by atoms with Crippen molar-refractivity contribution in [2.75, 3.05) is 5.32 Å². The summed E-state index contributed by atoms with van der Waals surface area (Å²) in [6, 6.07) is 2.29. The summed E-state index contributed by atoms with van der Waals surface area (Å²) < 4.78 is 0. The Bertz CT molecular complexity index is 347. The van der Waals surface area contributed by atoms with Crippen LogP contribution in [0, 0.1) is 0 Å². The molecule has 0 atom stereocenters. The summed E-state index contributed by atoms with van der Waals surface area (Å²) in [6.45, 7) is 0. The molecule has 1 aromatic heterocycles. The molecule has 1 amide bonds. The standard InChI is InChI=1S/C10H13N3O/c11-10(14)8-6-12-5-4-9(8)13-7-2-1-3-7/h4-7H,1-3H2,(H2,11,14)(H,12,13). The second kappa shape index (κ2) is 3.65. The van der Waals surface area contributed by atoms with Crippen LogP contribution in [-0.2, 0) is 0 Å². The van der Waals surface area contributed by atoms with Gasteiger partial charge in [0, 0.05) is 18.4 Å². The van der Waals surface area contributed by atoms with Gasteiger partial charge in [0.1, 0.15) is 0 Å². The topological polar surface area (TPSA) is 68.0 Å². The molecule has 3 N–H and O–H groups in total. The van der Waals surface area contributed by atoms with Gasteiger partial charge in [-0.1, -0.05) is 0 Å². The maximum Gasteiger partial charge on any atom is 0.252 e. The Labute approximate surface area is 82.5 Å². The number of hydrogen-bond donors (Lipinski definition) is 2. The van der Waals surface area contributed by atoms with E-state index < -0.39 is 5.91 Å². The van der Waals surface area contributed by atoms with Gasteiger partial charge in [-0.2, -0.15) is 0 Å². The highest BCUT2D eigenvalue weighted by Gasteiger charge is 2.18. The van der Waals surface area contributed by atoms with Crippen molar-refractivity contribution in [3.63, 3.8) is 0 Å². The lowest BCUT2D eigenvalue weighted by Gasteiger charge is -2.28. The van der Waals surface area contributed by atoms with E-state index in [0.717, 1.165) is 5.69 Å². The summed E-state index contributed by atoms with van der Waals surface area (Å²) in [5, 5.41) is 3.29. The van der Waals surface area contributed by atoms with Crippen LogP contribution in [0.5, 0.6) is 0 Å². The van der Waals surface area contributed by atoms with Crippen LogP contribution in [0.2, 0.25) is 0 Å².